The summed E-state index contributed by atoms with van der Waals surface area (Å²) in [5, 5.41) is 16.3. The van der Waals surface area contributed by atoms with Gasteiger partial charge in [-0.25, -0.2) is 0 Å². The fraction of sp³-hybridized carbons (Fsp3) is 0.333. The molecular weight excluding hydrogens is 104 g/mol. The van der Waals surface area contributed by atoms with Crippen molar-refractivity contribution in [2.24, 2.45) is 0 Å². The molecule has 0 aromatic rings. The predicted molar refractivity (Wildman–Crippen MR) is 32.8 cm³/mol. The monoisotopic (exact) mass is 114 g/mol. The summed E-state index contributed by atoms with van der Waals surface area (Å²) in [6, 6.07) is 0. The van der Waals surface area contributed by atoms with Gasteiger partial charge in [0.05, 0.1) is 0 Å². The fourth-order valence-corrected chi connectivity index (χ4v) is 0.241. The molecule has 0 saturated heterocycles. The van der Waals surface area contributed by atoms with E-state index in [-0.39, 0.29) is 0 Å². The Kier molecular flexibility index (Phi) is 2.77. The molecule has 0 aliphatic carbocycles. The molecule has 0 saturated carbocycles. The molecule has 0 spiro atoms. The number of aliphatic hydroxyl groups excluding tert-OH is 1. The molecule has 2 nitrogen and oxygen atoms in total. The van der Waals surface area contributed by atoms with Gasteiger partial charge in [0.2, 0.25) is 0 Å². The summed E-state index contributed by atoms with van der Waals surface area (Å²) >= 11 is 0. The molecule has 0 heterocycles. The average molecular weight is 114 g/mol. The van der Waals surface area contributed by atoms with Crippen molar-refractivity contribution in [3.63, 3.8) is 0 Å². The van der Waals surface area contributed by atoms with Crippen molar-refractivity contribution in [2.45, 2.75) is 13.8 Å². The molecule has 2 N–H and O–H groups in total. The molecule has 0 radical (unpaired) electrons. The standard InChI is InChI=1S/C6H10O2/c1-5(2)3-4-6(7)8/h3-4,7-8H,1-2H3. The van der Waals surface area contributed by atoms with Crippen molar-refractivity contribution in [1.82, 2.24) is 0 Å². The molecule has 0 aliphatic rings. The van der Waals surface area contributed by atoms with Gasteiger partial charge in [-0.05, 0) is 13.8 Å². The second-order valence-electron chi connectivity index (χ2n) is 1.77. The van der Waals surface area contributed by atoms with Crippen molar-refractivity contribution in [2.75, 3.05) is 0 Å². The lowest BCUT2D eigenvalue weighted by Gasteiger charge is -1.83. The predicted octanol–water partition coefficient (Wildman–Crippen LogP) is 1.91. The summed E-state index contributed by atoms with van der Waals surface area (Å²) in [5.41, 5.74) is 1.03. The normalized spacial score (nSPS) is 7.75. The summed E-state index contributed by atoms with van der Waals surface area (Å²) in [6.07, 6.45) is 2.85. The van der Waals surface area contributed by atoms with Crippen LogP contribution in [0.5, 0.6) is 0 Å². The molecular formula is C6H10O2. The van der Waals surface area contributed by atoms with Crippen LogP contribution in [0.25, 0.3) is 0 Å². The van der Waals surface area contributed by atoms with Crippen LogP contribution in [0.15, 0.2) is 23.7 Å². The summed E-state index contributed by atoms with van der Waals surface area (Å²) < 4.78 is 0. The third kappa shape index (κ3) is 5.08. The molecule has 0 rings (SSSR count). The van der Waals surface area contributed by atoms with E-state index in [0.29, 0.717) is 0 Å². The molecule has 8 heavy (non-hydrogen) atoms. The summed E-state index contributed by atoms with van der Waals surface area (Å²) in [6.45, 7) is 3.75. The Morgan fingerprint density at radius 2 is 1.62 bits per heavy atom. The van der Waals surface area contributed by atoms with Crippen molar-refractivity contribution in [3.05, 3.63) is 23.7 Å². The van der Waals surface area contributed by atoms with Gasteiger partial charge in [0.1, 0.15) is 0 Å². The lowest BCUT2D eigenvalue weighted by Crippen LogP contribution is -1.71. The first kappa shape index (κ1) is 7.08. The maximum Gasteiger partial charge on any atom is 0.274 e. The average Bonchev–Trinajstić information content (AvgIpc) is 1.61. The Balaban J connectivity index is 3.76. The lowest BCUT2D eigenvalue weighted by molar-refractivity contribution is 0.191. The van der Waals surface area contributed by atoms with Crippen molar-refractivity contribution in [1.29, 1.82) is 0 Å². The van der Waals surface area contributed by atoms with Gasteiger partial charge >= 0.3 is 0 Å². The van der Waals surface area contributed by atoms with Gasteiger partial charge < -0.3 is 10.2 Å². The van der Waals surface area contributed by atoms with Crippen molar-refractivity contribution >= 4 is 0 Å². The number of rotatable bonds is 1. The van der Waals surface area contributed by atoms with E-state index in [1.165, 1.54) is 6.08 Å². The minimum atomic E-state index is -0.647. The summed E-state index contributed by atoms with van der Waals surface area (Å²) in [5.74, 6) is -0.647. The Labute approximate surface area is 48.8 Å². The molecule has 2 heteroatoms. The lowest BCUT2D eigenvalue weighted by atomic mass is 10.3. The van der Waals surface area contributed by atoms with Gasteiger partial charge in [-0.3, -0.25) is 0 Å². The van der Waals surface area contributed by atoms with Gasteiger partial charge in [-0.2, -0.15) is 0 Å². The van der Waals surface area contributed by atoms with E-state index >= 15 is 0 Å². The molecule has 0 unspecified atom stereocenters. The van der Waals surface area contributed by atoms with E-state index in [4.69, 9.17) is 10.2 Å². The van der Waals surface area contributed by atoms with E-state index in [1.54, 1.807) is 6.08 Å². The Morgan fingerprint density at radius 1 is 1.12 bits per heavy atom. The Bertz CT molecular complexity index is 98.5. The minimum Gasteiger partial charge on any atom is -0.481 e. The zero-order valence-electron chi connectivity index (χ0n) is 5.05. The second kappa shape index (κ2) is 3.13. The molecule has 0 aromatic heterocycles. The van der Waals surface area contributed by atoms with Crippen LogP contribution < -0.4 is 0 Å². The molecule has 0 amide bonds. The smallest absolute Gasteiger partial charge is 0.274 e. The number of hydrogen-bond acceptors (Lipinski definition) is 2. The highest BCUT2D eigenvalue weighted by Gasteiger charge is 1.76. The number of allylic oxidation sites excluding steroid dienone is 3. The molecule has 0 fully saturated rings. The topological polar surface area (TPSA) is 40.5 Å². The van der Waals surface area contributed by atoms with Crippen LogP contribution >= 0.6 is 0 Å². The third-order valence-electron chi connectivity index (χ3n) is 0.566. The van der Waals surface area contributed by atoms with Crippen LogP contribution in [0, 0.1) is 0 Å². The largest absolute Gasteiger partial charge is 0.481 e. The molecule has 0 atom stereocenters. The van der Waals surface area contributed by atoms with Gasteiger partial charge in [-0.1, -0.05) is 11.6 Å². The highest BCUT2D eigenvalue weighted by atomic mass is 16.5. The minimum absolute atomic E-state index is 0.647. The summed E-state index contributed by atoms with van der Waals surface area (Å²) in [4.78, 5) is 0. The van der Waals surface area contributed by atoms with Crippen molar-refractivity contribution < 1.29 is 10.2 Å². The fourth-order valence-electron chi connectivity index (χ4n) is 0.241. The third-order valence-corrected chi connectivity index (χ3v) is 0.566. The summed E-state index contributed by atoms with van der Waals surface area (Å²) in [7, 11) is 0. The van der Waals surface area contributed by atoms with E-state index < -0.39 is 5.95 Å². The SMILES string of the molecule is CC(C)=CC=C(O)O. The van der Waals surface area contributed by atoms with Crippen LogP contribution in [-0.2, 0) is 0 Å². The number of hydrogen-bond donors (Lipinski definition) is 2. The second-order valence-corrected chi connectivity index (χ2v) is 1.77. The molecule has 46 valence electrons. The highest BCUT2D eigenvalue weighted by Crippen LogP contribution is 1.89. The van der Waals surface area contributed by atoms with Crippen LogP contribution in [0.1, 0.15) is 13.8 Å². The van der Waals surface area contributed by atoms with Crippen LogP contribution in [0.4, 0.5) is 0 Å². The van der Waals surface area contributed by atoms with Crippen LogP contribution in [-0.4, -0.2) is 10.2 Å². The first-order valence-corrected chi connectivity index (χ1v) is 2.36. The Hall–Kier alpha value is -0.920. The first-order chi connectivity index (χ1) is 3.63. The maximum absolute atomic E-state index is 8.17. The van der Waals surface area contributed by atoms with Gasteiger partial charge in [0.15, 0.2) is 0 Å². The quantitative estimate of drug-likeness (QED) is 0.404. The van der Waals surface area contributed by atoms with Crippen LogP contribution in [0.2, 0.25) is 0 Å². The van der Waals surface area contributed by atoms with E-state index in [9.17, 15) is 0 Å². The molecule has 0 bridgehead atoms. The first-order valence-electron chi connectivity index (χ1n) is 2.36. The van der Waals surface area contributed by atoms with Gasteiger partial charge in [-0.15, -0.1) is 0 Å². The van der Waals surface area contributed by atoms with Crippen molar-refractivity contribution in [3.8, 4) is 0 Å². The molecule has 0 aliphatic heterocycles. The molecule has 0 aromatic carbocycles. The number of aliphatic hydroxyl groups is 2. The van der Waals surface area contributed by atoms with Crippen LogP contribution in [0.3, 0.4) is 0 Å². The Morgan fingerprint density at radius 3 is 1.75 bits per heavy atom. The highest BCUT2D eigenvalue weighted by molar-refractivity contribution is 5.07. The van der Waals surface area contributed by atoms with E-state index in [2.05, 4.69) is 0 Å². The van der Waals surface area contributed by atoms with Gasteiger partial charge in [0.25, 0.3) is 5.95 Å². The zero-order valence-corrected chi connectivity index (χ0v) is 5.05. The zero-order chi connectivity index (χ0) is 6.57. The van der Waals surface area contributed by atoms with E-state index in [1.807, 2.05) is 13.8 Å². The van der Waals surface area contributed by atoms with E-state index in [0.717, 1.165) is 5.57 Å². The maximum atomic E-state index is 8.17. The van der Waals surface area contributed by atoms with Gasteiger partial charge in [0, 0.05) is 6.08 Å².